The summed E-state index contributed by atoms with van der Waals surface area (Å²) in [4.78, 5) is 37.1. The number of imide groups is 1. The standard InChI is InChI=1S/C21H18ClN3O4/c22-16-12-13(17-7-9-19(26)24-23-17)6-8-18(16)29-11-3-10-25-20(27)14-4-1-2-5-15(14)21(25)28/h1-2,4-6,8,12H,3,7,9-11H2,(H,24,26). The molecule has 2 aliphatic rings. The number of nitrogens with zero attached hydrogens (tertiary/aromatic N) is 2. The van der Waals surface area contributed by atoms with Crippen LogP contribution in [0.25, 0.3) is 0 Å². The first-order valence-electron chi connectivity index (χ1n) is 9.28. The number of amides is 3. The van der Waals surface area contributed by atoms with Crippen LogP contribution in [0.2, 0.25) is 5.02 Å². The molecule has 29 heavy (non-hydrogen) atoms. The monoisotopic (exact) mass is 411 g/mol. The first-order valence-corrected chi connectivity index (χ1v) is 9.66. The minimum absolute atomic E-state index is 0.0992. The van der Waals surface area contributed by atoms with Crippen molar-refractivity contribution in [1.29, 1.82) is 0 Å². The van der Waals surface area contributed by atoms with Gasteiger partial charge in [-0.1, -0.05) is 23.7 Å². The lowest BCUT2D eigenvalue weighted by atomic mass is 10.0. The third kappa shape index (κ3) is 3.86. The van der Waals surface area contributed by atoms with E-state index in [2.05, 4.69) is 10.5 Å². The number of benzene rings is 2. The Morgan fingerprint density at radius 1 is 1.03 bits per heavy atom. The Morgan fingerprint density at radius 2 is 1.76 bits per heavy atom. The zero-order valence-corrected chi connectivity index (χ0v) is 16.2. The molecule has 0 saturated heterocycles. The molecule has 3 amide bonds. The number of halogens is 1. The number of ether oxygens (including phenoxy) is 1. The van der Waals surface area contributed by atoms with Gasteiger partial charge >= 0.3 is 0 Å². The quantitative estimate of drug-likeness (QED) is 0.584. The molecule has 0 bridgehead atoms. The van der Waals surface area contributed by atoms with Crippen molar-refractivity contribution >= 4 is 35.0 Å². The molecule has 0 spiro atoms. The summed E-state index contributed by atoms with van der Waals surface area (Å²) in [5, 5.41) is 4.48. The van der Waals surface area contributed by atoms with E-state index in [-0.39, 0.29) is 24.3 Å². The minimum Gasteiger partial charge on any atom is -0.492 e. The molecular weight excluding hydrogens is 394 g/mol. The molecule has 7 nitrogen and oxygen atoms in total. The van der Waals surface area contributed by atoms with Gasteiger partial charge in [-0.05, 0) is 42.3 Å². The predicted molar refractivity (Wildman–Crippen MR) is 107 cm³/mol. The average molecular weight is 412 g/mol. The summed E-state index contributed by atoms with van der Waals surface area (Å²) in [6.07, 6.45) is 1.44. The van der Waals surface area contributed by atoms with E-state index in [1.807, 2.05) is 6.07 Å². The molecule has 1 N–H and O–H groups in total. The Morgan fingerprint density at radius 3 is 2.38 bits per heavy atom. The molecule has 2 aromatic rings. The number of carbonyl (C=O) groups is 3. The van der Waals surface area contributed by atoms with Crippen LogP contribution in [0.5, 0.6) is 5.75 Å². The third-order valence-electron chi connectivity index (χ3n) is 4.83. The van der Waals surface area contributed by atoms with Crippen molar-refractivity contribution in [2.75, 3.05) is 13.2 Å². The molecule has 0 unspecified atom stereocenters. The highest BCUT2D eigenvalue weighted by atomic mass is 35.5. The van der Waals surface area contributed by atoms with Crippen molar-refractivity contribution in [1.82, 2.24) is 10.3 Å². The Bertz CT molecular complexity index is 999. The van der Waals surface area contributed by atoms with Crippen LogP contribution < -0.4 is 10.2 Å². The van der Waals surface area contributed by atoms with E-state index >= 15 is 0 Å². The van der Waals surface area contributed by atoms with Crippen molar-refractivity contribution in [3.8, 4) is 5.75 Å². The van der Waals surface area contributed by atoms with Crippen molar-refractivity contribution in [2.45, 2.75) is 19.3 Å². The van der Waals surface area contributed by atoms with Gasteiger partial charge in [-0.15, -0.1) is 0 Å². The molecule has 2 heterocycles. The van der Waals surface area contributed by atoms with E-state index in [4.69, 9.17) is 16.3 Å². The second-order valence-electron chi connectivity index (χ2n) is 6.75. The number of hydrazone groups is 1. The van der Waals surface area contributed by atoms with E-state index in [1.165, 1.54) is 4.90 Å². The number of hydrogen-bond donors (Lipinski definition) is 1. The van der Waals surface area contributed by atoms with Gasteiger partial charge in [0.25, 0.3) is 11.8 Å². The van der Waals surface area contributed by atoms with Crippen LogP contribution in [-0.2, 0) is 4.79 Å². The lowest BCUT2D eigenvalue weighted by molar-refractivity contribution is -0.121. The van der Waals surface area contributed by atoms with Crippen molar-refractivity contribution in [2.24, 2.45) is 5.10 Å². The van der Waals surface area contributed by atoms with Gasteiger partial charge in [0.2, 0.25) is 5.91 Å². The largest absolute Gasteiger partial charge is 0.492 e. The molecule has 4 rings (SSSR count). The molecule has 0 atom stereocenters. The molecule has 8 heteroatoms. The zero-order chi connectivity index (χ0) is 20.4. The van der Waals surface area contributed by atoms with E-state index in [0.29, 0.717) is 47.8 Å². The summed E-state index contributed by atoms with van der Waals surface area (Å²) in [6.45, 7) is 0.585. The average Bonchev–Trinajstić information content (AvgIpc) is 2.97. The smallest absolute Gasteiger partial charge is 0.261 e. The number of nitrogens with one attached hydrogen (secondary N) is 1. The minimum atomic E-state index is -0.270. The van der Waals surface area contributed by atoms with Gasteiger partial charge < -0.3 is 4.74 Å². The Labute approximate surface area is 172 Å². The van der Waals surface area contributed by atoms with Gasteiger partial charge in [0.15, 0.2) is 0 Å². The molecule has 148 valence electrons. The van der Waals surface area contributed by atoms with Crippen LogP contribution in [0.15, 0.2) is 47.6 Å². The summed E-state index contributed by atoms with van der Waals surface area (Å²) in [5.41, 5.74) is 4.94. The van der Waals surface area contributed by atoms with Gasteiger partial charge in [-0.3, -0.25) is 19.3 Å². The van der Waals surface area contributed by atoms with Crippen molar-refractivity contribution in [3.05, 3.63) is 64.2 Å². The number of fused-ring (bicyclic) bond motifs is 1. The molecule has 0 saturated carbocycles. The highest BCUT2D eigenvalue weighted by Gasteiger charge is 2.34. The van der Waals surface area contributed by atoms with Gasteiger partial charge in [-0.25, -0.2) is 5.43 Å². The van der Waals surface area contributed by atoms with Crippen molar-refractivity contribution in [3.63, 3.8) is 0 Å². The molecule has 0 aliphatic carbocycles. The summed E-state index contributed by atoms with van der Waals surface area (Å²) >= 11 is 6.30. The third-order valence-corrected chi connectivity index (χ3v) is 5.13. The first kappa shape index (κ1) is 19.1. The van der Waals surface area contributed by atoms with Crippen LogP contribution in [0.3, 0.4) is 0 Å². The van der Waals surface area contributed by atoms with Gasteiger partial charge in [0.05, 0.1) is 28.5 Å². The van der Waals surface area contributed by atoms with Crippen LogP contribution in [0.4, 0.5) is 0 Å². The van der Waals surface area contributed by atoms with E-state index < -0.39 is 0 Å². The number of hydrogen-bond acceptors (Lipinski definition) is 5. The predicted octanol–water partition coefficient (Wildman–Crippen LogP) is 3.02. The summed E-state index contributed by atoms with van der Waals surface area (Å²) in [5.74, 6) is -0.127. The maximum atomic E-state index is 12.3. The number of rotatable bonds is 6. The van der Waals surface area contributed by atoms with Crippen LogP contribution in [0.1, 0.15) is 45.5 Å². The SMILES string of the molecule is O=C1CCC(c2ccc(OCCCN3C(=O)c4ccccc4C3=O)c(Cl)c2)=NN1. The molecule has 0 fully saturated rings. The molecular formula is C21H18ClN3O4. The second kappa shape index (κ2) is 8.05. The van der Waals surface area contributed by atoms with E-state index in [1.54, 1.807) is 36.4 Å². The Balaban J connectivity index is 1.32. The molecule has 2 aliphatic heterocycles. The highest BCUT2D eigenvalue weighted by molar-refractivity contribution is 6.32. The summed E-state index contributed by atoms with van der Waals surface area (Å²) in [6, 6.07) is 12.1. The maximum absolute atomic E-state index is 12.3. The zero-order valence-electron chi connectivity index (χ0n) is 15.5. The first-order chi connectivity index (χ1) is 14.0. The number of carbonyl (C=O) groups excluding carboxylic acids is 3. The van der Waals surface area contributed by atoms with Crippen LogP contribution in [-0.4, -0.2) is 41.5 Å². The highest BCUT2D eigenvalue weighted by Crippen LogP contribution is 2.27. The lowest BCUT2D eigenvalue weighted by Gasteiger charge is -2.15. The fourth-order valence-corrected chi connectivity index (χ4v) is 3.56. The van der Waals surface area contributed by atoms with Crippen LogP contribution in [0, 0.1) is 0 Å². The van der Waals surface area contributed by atoms with Gasteiger partial charge in [-0.2, -0.15) is 5.10 Å². The fourth-order valence-electron chi connectivity index (χ4n) is 3.33. The summed E-state index contributed by atoms with van der Waals surface area (Å²) < 4.78 is 5.71. The molecule has 0 aromatic heterocycles. The Hall–Kier alpha value is -3.19. The molecule has 2 aromatic carbocycles. The van der Waals surface area contributed by atoms with E-state index in [0.717, 1.165) is 11.3 Å². The van der Waals surface area contributed by atoms with Gasteiger partial charge in [0, 0.05) is 19.4 Å². The second-order valence-corrected chi connectivity index (χ2v) is 7.16. The van der Waals surface area contributed by atoms with Crippen LogP contribution >= 0.6 is 11.6 Å². The van der Waals surface area contributed by atoms with Crippen molar-refractivity contribution < 1.29 is 19.1 Å². The van der Waals surface area contributed by atoms with Gasteiger partial charge in [0.1, 0.15) is 5.75 Å². The summed E-state index contributed by atoms with van der Waals surface area (Å²) in [7, 11) is 0. The normalized spacial score (nSPS) is 15.8. The molecule has 0 radical (unpaired) electrons. The topological polar surface area (TPSA) is 88.1 Å². The maximum Gasteiger partial charge on any atom is 0.261 e. The Kier molecular flexibility index (Phi) is 5.31. The van der Waals surface area contributed by atoms with E-state index in [9.17, 15) is 14.4 Å². The fraction of sp³-hybridized carbons (Fsp3) is 0.238. The lowest BCUT2D eigenvalue weighted by Crippen LogP contribution is -2.31.